The minimum atomic E-state index is -0.0707. The van der Waals surface area contributed by atoms with Crippen molar-refractivity contribution in [3.63, 3.8) is 0 Å². The molecule has 1 aliphatic carbocycles. The van der Waals surface area contributed by atoms with Crippen LogP contribution in [0.25, 0.3) is 0 Å². The normalized spacial score (nSPS) is 21.8. The molecule has 116 valence electrons. The average molecular weight is 289 g/mol. The molecule has 1 aromatic rings. The van der Waals surface area contributed by atoms with Gasteiger partial charge in [0.15, 0.2) is 0 Å². The van der Waals surface area contributed by atoms with Gasteiger partial charge in [-0.15, -0.1) is 0 Å². The van der Waals surface area contributed by atoms with Gasteiger partial charge in [0.1, 0.15) is 5.69 Å². The van der Waals surface area contributed by atoms with Crippen molar-refractivity contribution in [2.75, 3.05) is 18.4 Å². The van der Waals surface area contributed by atoms with Gasteiger partial charge in [-0.05, 0) is 43.7 Å². The molecule has 1 fully saturated rings. The summed E-state index contributed by atoms with van der Waals surface area (Å²) in [5.74, 6) is 1.55. The molecule has 4 nitrogen and oxygen atoms in total. The standard InChI is InChI=1S/C17H27N3O/c1-3-18-15-8-10-19-16(12-15)17(21)20-9-7-14-6-4-5-13(2)11-14/h8,10,12-14H,3-7,9,11H2,1-2H3,(H,18,19)(H,20,21). The van der Waals surface area contributed by atoms with Crippen molar-refractivity contribution in [2.24, 2.45) is 11.8 Å². The first-order valence-electron chi connectivity index (χ1n) is 8.17. The molecule has 21 heavy (non-hydrogen) atoms. The van der Waals surface area contributed by atoms with Gasteiger partial charge in [0.2, 0.25) is 0 Å². The summed E-state index contributed by atoms with van der Waals surface area (Å²) in [7, 11) is 0. The first-order chi connectivity index (χ1) is 10.2. The molecule has 1 aliphatic rings. The van der Waals surface area contributed by atoms with Crippen LogP contribution in [0.5, 0.6) is 0 Å². The molecule has 0 spiro atoms. The lowest BCUT2D eigenvalue weighted by Gasteiger charge is -2.26. The molecule has 0 radical (unpaired) electrons. The molecule has 2 rings (SSSR count). The summed E-state index contributed by atoms with van der Waals surface area (Å²) < 4.78 is 0. The number of rotatable bonds is 6. The van der Waals surface area contributed by atoms with Crippen LogP contribution in [0.15, 0.2) is 18.3 Å². The number of carbonyl (C=O) groups is 1. The van der Waals surface area contributed by atoms with E-state index < -0.39 is 0 Å². The van der Waals surface area contributed by atoms with Gasteiger partial charge in [-0.25, -0.2) is 0 Å². The number of anilines is 1. The minimum absolute atomic E-state index is 0.0707. The van der Waals surface area contributed by atoms with Crippen LogP contribution in [-0.2, 0) is 0 Å². The van der Waals surface area contributed by atoms with Gasteiger partial charge in [-0.1, -0.05) is 26.2 Å². The second-order valence-electron chi connectivity index (χ2n) is 6.14. The zero-order valence-corrected chi connectivity index (χ0v) is 13.2. The highest BCUT2D eigenvalue weighted by Gasteiger charge is 2.18. The number of amides is 1. The Hall–Kier alpha value is -1.58. The van der Waals surface area contributed by atoms with Gasteiger partial charge in [-0.3, -0.25) is 9.78 Å². The summed E-state index contributed by atoms with van der Waals surface area (Å²) in [6.45, 7) is 5.96. The fourth-order valence-electron chi connectivity index (χ4n) is 3.17. The Kier molecular flexibility index (Phi) is 6.03. The molecule has 2 unspecified atom stereocenters. The predicted molar refractivity (Wildman–Crippen MR) is 86.5 cm³/mol. The number of nitrogens with zero attached hydrogens (tertiary/aromatic N) is 1. The van der Waals surface area contributed by atoms with Gasteiger partial charge in [0.05, 0.1) is 0 Å². The van der Waals surface area contributed by atoms with Crippen molar-refractivity contribution >= 4 is 11.6 Å². The summed E-state index contributed by atoms with van der Waals surface area (Å²) in [4.78, 5) is 16.3. The van der Waals surface area contributed by atoms with Crippen LogP contribution in [0.2, 0.25) is 0 Å². The van der Waals surface area contributed by atoms with Crippen LogP contribution in [0, 0.1) is 11.8 Å². The second kappa shape index (κ2) is 8.01. The third kappa shape index (κ3) is 5.03. The van der Waals surface area contributed by atoms with Crippen LogP contribution in [0.4, 0.5) is 5.69 Å². The van der Waals surface area contributed by atoms with Crippen molar-refractivity contribution in [1.82, 2.24) is 10.3 Å². The van der Waals surface area contributed by atoms with E-state index in [1.807, 2.05) is 19.1 Å². The Balaban J connectivity index is 1.77. The third-order valence-electron chi connectivity index (χ3n) is 4.26. The highest BCUT2D eigenvalue weighted by Crippen LogP contribution is 2.30. The van der Waals surface area contributed by atoms with Crippen molar-refractivity contribution in [3.05, 3.63) is 24.0 Å². The van der Waals surface area contributed by atoms with Gasteiger partial charge in [-0.2, -0.15) is 0 Å². The molecule has 1 saturated carbocycles. The van der Waals surface area contributed by atoms with E-state index in [4.69, 9.17) is 0 Å². The van der Waals surface area contributed by atoms with Crippen molar-refractivity contribution in [1.29, 1.82) is 0 Å². The topological polar surface area (TPSA) is 54.0 Å². The smallest absolute Gasteiger partial charge is 0.269 e. The van der Waals surface area contributed by atoms with E-state index in [2.05, 4.69) is 22.5 Å². The monoisotopic (exact) mass is 289 g/mol. The van der Waals surface area contributed by atoms with E-state index in [1.165, 1.54) is 25.7 Å². The van der Waals surface area contributed by atoms with Crippen LogP contribution in [0.3, 0.4) is 0 Å². The molecule has 2 atom stereocenters. The summed E-state index contributed by atoms with van der Waals surface area (Å²) in [5.41, 5.74) is 1.43. The number of carbonyl (C=O) groups excluding carboxylic acids is 1. The van der Waals surface area contributed by atoms with E-state index in [9.17, 15) is 4.79 Å². The van der Waals surface area contributed by atoms with Crippen LogP contribution >= 0.6 is 0 Å². The highest BCUT2D eigenvalue weighted by atomic mass is 16.1. The maximum Gasteiger partial charge on any atom is 0.269 e. The Bertz CT molecular complexity index is 461. The quantitative estimate of drug-likeness (QED) is 0.843. The Morgan fingerprint density at radius 2 is 2.29 bits per heavy atom. The predicted octanol–water partition coefficient (Wildman–Crippen LogP) is 3.46. The van der Waals surface area contributed by atoms with Gasteiger partial charge in [0, 0.05) is 25.0 Å². The van der Waals surface area contributed by atoms with Gasteiger partial charge >= 0.3 is 0 Å². The molecule has 0 bridgehead atoms. The summed E-state index contributed by atoms with van der Waals surface area (Å²) in [6, 6.07) is 3.69. The van der Waals surface area contributed by atoms with E-state index in [-0.39, 0.29) is 5.91 Å². The van der Waals surface area contributed by atoms with E-state index in [1.54, 1.807) is 6.20 Å². The number of hydrogen-bond donors (Lipinski definition) is 2. The van der Waals surface area contributed by atoms with Crippen LogP contribution in [-0.4, -0.2) is 24.0 Å². The van der Waals surface area contributed by atoms with Gasteiger partial charge in [0.25, 0.3) is 5.91 Å². The molecule has 0 aromatic carbocycles. The summed E-state index contributed by atoms with van der Waals surface area (Å²) >= 11 is 0. The lowest BCUT2D eigenvalue weighted by Crippen LogP contribution is -2.27. The first-order valence-corrected chi connectivity index (χ1v) is 8.17. The first kappa shape index (κ1) is 15.8. The Labute approximate surface area is 127 Å². The molecule has 1 amide bonds. The zero-order valence-electron chi connectivity index (χ0n) is 13.2. The SMILES string of the molecule is CCNc1ccnc(C(=O)NCCC2CCCC(C)C2)c1. The molecule has 1 heterocycles. The fourth-order valence-corrected chi connectivity index (χ4v) is 3.17. The molecule has 2 N–H and O–H groups in total. The maximum absolute atomic E-state index is 12.1. The molecule has 1 aromatic heterocycles. The third-order valence-corrected chi connectivity index (χ3v) is 4.26. The highest BCUT2D eigenvalue weighted by molar-refractivity contribution is 5.93. The molecular weight excluding hydrogens is 262 g/mol. The number of aromatic nitrogens is 1. The largest absolute Gasteiger partial charge is 0.385 e. The van der Waals surface area contributed by atoms with E-state index >= 15 is 0 Å². The summed E-state index contributed by atoms with van der Waals surface area (Å²) in [6.07, 6.45) is 8.09. The van der Waals surface area contributed by atoms with Crippen LogP contribution < -0.4 is 10.6 Å². The van der Waals surface area contributed by atoms with Crippen molar-refractivity contribution in [2.45, 2.75) is 46.0 Å². The summed E-state index contributed by atoms with van der Waals surface area (Å²) in [5, 5.41) is 6.20. The lowest BCUT2D eigenvalue weighted by atomic mass is 9.81. The zero-order chi connectivity index (χ0) is 15.1. The maximum atomic E-state index is 12.1. The molecular formula is C17H27N3O. The molecule has 0 aliphatic heterocycles. The van der Waals surface area contributed by atoms with Gasteiger partial charge < -0.3 is 10.6 Å². The van der Waals surface area contributed by atoms with Crippen molar-refractivity contribution in [3.8, 4) is 0 Å². The molecule has 0 saturated heterocycles. The number of nitrogens with one attached hydrogen (secondary N) is 2. The van der Waals surface area contributed by atoms with Crippen LogP contribution in [0.1, 0.15) is 56.4 Å². The Morgan fingerprint density at radius 1 is 1.43 bits per heavy atom. The lowest BCUT2D eigenvalue weighted by molar-refractivity contribution is 0.0944. The average Bonchev–Trinajstić information content (AvgIpc) is 2.48. The minimum Gasteiger partial charge on any atom is -0.385 e. The van der Waals surface area contributed by atoms with E-state index in [0.29, 0.717) is 5.69 Å². The second-order valence-corrected chi connectivity index (χ2v) is 6.14. The van der Waals surface area contributed by atoms with E-state index in [0.717, 1.165) is 37.0 Å². The molecule has 4 heteroatoms. The fraction of sp³-hybridized carbons (Fsp3) is 0.647. The number of hydrogen-bond acceptors (Lipinski definition) is 3. The number of pyridine rings is 1. The Morgan fingerprint density at radius 3 is 3.05 bits per heavy atom. The van der Waals surface area contributed by atoms with Crippen molar-refractivity contribution < 1.29 is 4.79 Å².